The molecule has 3 fully saturated rings. The fourth-order valence-corrected chi connectivity index (χ4v) is 3.78. The molecule has 3 unspecified atom stereocenters. The molecule has 6 nitrogen and oxygen atoms in total. The summed E-state index contributed by atoms with van der Waals surface area (Å²) in [5, 5.41) is 6.15. The first-order chi connectivity index (χ1) is 10.2. The standard InChI is InChI=1S/C15H23N3O3/c19-13(17-10-4-3-7-16-8-10)9-18-14(20)11-5-1-2-6-12(11)15(18)21/h10-12,16H,1-9H2,(H,17,19). The molecule has 2 aliphatic heterocycles. The number of hydrogen-bond donors (Lipinski definition) is 2. The number of amides is 3. The first-order valence-electron chi connectivity index (χ1n) is 8.02. The van der Waals surface area contributed by atoms with Crippen molar-refractivity contribution in [3.05, 3.63) is 0 Å². The third kappa shape index (κ3) is 2.95. The van der Waals surface area contributed by atoms with E-state index in [0.29, 0.717) is 0 Å². The van der Waals surface area contributed by atoms with Crippen molar-refractivity contribution < 1.29 is 14.4 Å². The van der Waals surface area contributed by atoms with Gasteiger partial charge >= 0.3 is 0 Å². The highest BCUT2D eigenvalue weighted by molar-refractivity contribution is 6.07. The minimum Gasteiger partial charge on any atom is -0.351 e. The summed E-state index contributed by atoms with van der Waals surface area (Å²) in [7, 11) is 0. The van der Waals surface area contributed by atoms with Crippen molar-refractivity contribution in [1.82, 2.24) is 15.5 Å². The maximum Gasteiger partial charge on any atom is 0.240 e. The van der Waals surface area contributed by atoms with Gasteiger partial charge < -0.3 is 10.6 Å². The molecule has 3 rings (SSSR count). The Balaban J connectivity index is 1.57. The molecule has 0 aromatic rings. The maximum absolute atomic E-state index is 12.3. The van der Waals surface area contributed by atoms with E-state index in [1.165, 1.54) is 4.90 Å². The lowest BCUT2D eigenvalue weighted by molar-refractivity contribution is -0.143. The number of likely N-dealkylation sites (tertiary alicyclic amines) is 1. The van der Waals surface area contributed by atoms with Gasteiger partial charge in [-0.05, 0) is 32.2 Å². The molecule has 1 saturated carbocycles. The van der Waals surface area contributed by atoms with Gasteiger partial charge in [-0.3, -0.25) is 19.3 Å². The lowest BCUT2D eigenvalue weighted by Crippen LogP contribution is -2.49. The van der Waals surface area contributed by atoms with Crippen LogP contribution in [0.1, 0.15) is 38.5 Å². The number of carbonyl (C=O) groups is 3. The van der Waals surface area contributed by atoms with Gasteiger partial charge in [0.25, 0.3) is 0 Å². The zero-order valence-electron chi connectivity index (χ0n) is 12.3. The van der Waals surface area contributed by atoms with Gasteiger partial charge in [0.1, 0.15) is 6.54 Å². The molecule has 3 amide bonds. The third-order valence-corrected chi connectivity index (χ3v) is 4.90. The van der Waals surface area contributed by atoms with Crippen LogP contribution in [0.25, 0.3) is 0 Å². The molecule has 6 heteroatoms. The monoisotopic (exact) mass is 293 g/mol. The molecule has 2 saturated heterocycles. The summed E-state index contributed by atoms with van der Waals surface area (Å²) in [6.45, 7) is 1.64. The van der Waals surface area contributed by atoms with E-state index in [2.05, 4.69) is 10.6 Å². The van der Waals surface area contributed by atoms with Gasteiger partial charge in [0, 0.05) is 12.6 Å². The molecule has 0 aromatic carbocycles. The lowest BCUT2D eigenvalue weighted by Gasteiger charge is -2.24. The van der Waals surface area contributed by atoms with Gasteiger partial charge in [0.05, 0.1) is 11.8 Å². The van der Waals surface area contributed by atoms with Gasteiger partial charge in [-0.15, -0.1) is 0 Å². The normalized spacial score (nSPS) is 33.0. The molecule has 2 N–H and O–H groups in total. The summed E-state index contributed by atoms with van der Waals surface area (Å²) in [5.74, 6) is -0.835. The van der Waals surface area contributed by atoms with Crippen LogP contribution in [0.4, 0.5) is 0 Å². The molecule has 0 radical (unpaired) electrons. The molecule has 116 valence electrons. The van der Waals surface area contributed by atoms with Crippen molar-refractivity contribution in [3.63, 3.8) is 0 Å². The summed E-state index contributed by atoms with van der Waals surface area (Å²) in [6.07, 6.45) is 5.59. The van der Waals surface area contributed by atoms with Crippen LogP contribution in [0.5, 0.6) is 0 Å². The van der Waals surface area contributed by atoms with Crippen molar-refractivity contribution in [2.24, 2.45) is 11.8 Å². The van der Waals surface area contributed by atoms with Crippen molar-refractivity contribution >= 4 is 17.7 Å². The lowest BCUT2D eigenvalue weighted by atomic mass is 9.81. The summed E-state index contributed by atoms with van der Waals surface area (Å²) >= 11 is 0. The van der Waals surface area contributed by atoms with E-state index in [1.54, 1.807) is 0 Å². The van der Waals surface area contributed by atoms with Crippen molar-refractivity contribution in [1.29, 1.82) is 0 Å². The number of nitrogens with one attached hydrogen (secondary N) is 2. The highest BCUT2D eigenvalue weighted by Gasteiger charge is 2.48. The SMILES string of the molecule is O=C(CN1C(=O)C2CCCCC2C1=O)NC1CCCNC1. The molecule has 3 aliphatic rings. The fourth-order valence-electron chi connectivity index (χ4n) is 3.78. The Kier molecular flexibility index (Phi) is 4.24. The second-order valence-corrected chi connectivity index (χ2v) is 6.37. The zero-order valence-corrected chi connectivity index (χ0v) is 12.3. The number of piperidine rings is 1. The Bertz CT molecular complexity index is 421. The van der Waals surface area contributed by atoms with Crippen LogP contribution in [0.2, 0.25) is 0 Å². The fraction of sp³-hybridized carbons (Fsp3) is 0.800. The maximum atomic E-state index is 12.3. The van der Waals surface area contributed by atoms with Crippen LogP contribution >= 0.6 is 0 Å². The average Bonchev–Trinajstić information content (AvgIpc) is 2.74. The summed E-state index contributed by atoms with van der Waals surface area (Å²) in [5.41, 5.74) is 0. The average molecular weight is 293 g/mol. The number of carbonyl (C=O) groups excluding carboxylic acids is 3. The predicted octanol–water partition coefficient (Wildman–Crippen LogP) is 0.0298. The van der Waals surface area contributed by atoms with E-state index < -0.39 is 0 Å². The van der Waals surface area contributed by atoms with Crippen molar-refractivity contribution in [3.8, 4) is 0 Å². The van der Waals surface area contributed by atoms with Crippen LogP contribution in [0.15, 0.2) is 0 Å². The Morgan fingerprint density at radius 2 is 1.76 bits per heavy atom. The summed E-state index contributed by atoms with van der Waals surface area (Å²) in [6, 6.07) is 0.112. The molecule has 0 bridgehead atoms. The molecule has 1 aliphatic carbocycles. The minimum absolute atomic E-state index is 0.110. The van der Waals surface area contributed by atoms with Crippen molar-refractivity contribution in [2.45, 2.75) is 44.6 Å². The van der Waals surface area contributed by atoms with Gasteiger partial charge in [0.15, 0.2) is 0 Å². The van der Waals surface area contributed by atoms with E-state index in [9.17, 15) is 14.4 Å². The molecule has 2 heterocycles. The largest absolute Gasteiger partial charge is 0.351 e. The smallest absolute Gasteiger partial charge is 0.240 e. The number of nitrogens with zero attached hydrogens (tertiary/aromatic N) is 1. The topological polar surface area (TPSA) is 78.5 Å². The van der Waals surface area contributed by atoms with E-state index in [-0.39, 0.29) is 42.1 Å². The molecular weight excluding hydrogens is 270 g/mol. The number of rotatable bonds is 3. The second-order valence-electron chi connectivity index (χ2n) is 6.37. The quantitative estimate of drug-likeness (QED) is 0.720. The molecule has 0 aromatic heterocycles. The van der Waals surface area contributed by atoms with E-state index >= 15 is 0 Å². The summed E-state index contributed by atoms with van der Waals surface area (Å²) in [4.78, 5) is 37.8. The Hall–Kier alpha value is -1.43. The van der Waals surface area contributed by atoms with Crippen LogP contribution in [-0.4, -0.2) is 48.3 Å². The Morgan fingerprint density at radius 1 is 1.10 bits per heavy atom. The number of imide groups is 1. The van der Waals surface area contributed by atoms with Gasteiger partial charge in [-0.1, -0.05) is 12.8 Å². The van der Waals surface area contributed by atoms with Gasteiger partial charge in [0.2, 0.25) is 17.7 Å². The number of fused-ring (bicyclic) bond motifs is 1. The molecule has 3 atom stereocenters. The molecule has 21 heavy (non-hydrogen) atoms. The predicted molar refractivity (Wildman–Crippen MR) is 76.2 cm³/mol. The third-order valence-electron chi connectivity index (χ3n) is 4.90. The van der Waals surface area contributed by atoms with Crippen LogP contribution in [0.3, 0.4) is 0 Å². The minimum atomic E-state index is -0.218. The van der Waals surface area contributed by atoms with Crippen LogP contribution in [-0.2, 0) is 14.4 Å². The molecule has 0 spiro atoms. The highest BCUT2D eigenvalue weighted by Crippen LogP contribution is 2.37. The first kappa shape index (κ1) is 14.5. The van der Waals surface area contributed by atoms with Crippen molar-refractivity contribution in [2.75, 3.05) is 19.6 Å². The van der Waals surface area contributed by atoms with E-state index in [1.807, 2.05) is 0 Å². The van der Waals surface area contributed by atoms with Crippen LogP contribution in [0, 0.1) is 11.8 Å². The molecular formula is C15H23N3O3. The Morgan fingerprint density at radius 3 is 2.33 bits per heavy atom. The highest BCUT2D eigenvalue weighted by atomic mass is 16.2. The summed E-state index contributed by atoms with van der Waals surface area (Å²) < 4.78 is 0. The zero-order chi connectivity index (χ0) is 14.8. The first-order valence-corrected chi connectivity index (χ1v) is 8.02. The second kappa shape index (κ2) is 6.13. The number of hydrogen-bond acceptors (Lipinski definition) is 4. The van der Waals surface area contributed by atoms with Gasteiger partial charge in [-0.2, -0.15) is 0 Å². The van der Waals surface area contributed by atoms with Crippen LogP contribution < -0.4 is 10.6 Å². The van der Waals surface area contributed by atoms with E-state index in [4.69, 9.17) is 0 Å². The van der Waals surface area contributed by atoms with E-state index in [0.717, 1.165) is 51.6 Å². The van der Waals surface area contributed by atoms with Gasteiger partial charge in [-0.25, -0.2) is 0 Å². The Labute approximate surface area is 124 Å².